The molecule has 8 heteroatoms. The average Bonchev–Trinajstić information content (AvgIpc) is 2.43. The summed E-state index contributed by atoms with van der Waals surface area (Å²) in [6, 6.07) is 2.82. The number of halogens is 2. The van der Waals surface area contributed by atoms with Gasteiger partial charge in [-0.25, -0.2) is 14.0 Å². The first kappa shape index (κ1) is 15.1. The number of amides is 2. The summed E-state index contributed by atoms with van der Waals surface area (Å²) in [6.07, 6.45) is 0. The summed E-state index contributed by atoms with van der Waals surface area (Å²) in [5, 5.41) is 11.6. The van der Waals surface area contributed by atoms with Crippen molar-refractivity contribution in [3.63, 3.8) is 0 Å². The van der Waals surface area contributed by atoms with Crippen LogP contribution in [-0.2, 0) is 4.79 Å². The zero-order valence-corrected chi connectivity index (χ0v) is 12.7. The minimum absolute atomic E-state index is 0.290. The Morgan fingerprint density at radius 1 is 1.50 bits per heavy atom. The molecule has 2 amide bonds. The van der Waals surface area contributed by atoms with Crippen molar-refractivity contribution >= 4 is 45.4 Å². The van der Waals surface area contributed by atoms with Crippen molar-refractivity contribution in [1.29, 1.82) is 0 Å². The minimum Gasteiger partial charge on any atom is -0.480 e. The summed E-state index contributed by atoms with van der Waals surface area (Å²) in [5.74, 6) is -0.482. The van der Waals surface area contributed by atoms with E-state index in [0.29, 0.717) is 22.5 Å². The van der Waals surface area contributed by atoms with Gasteiger partial charge in [0.15, 0.2) is 0 Å². The van der Waals surface area contributed by atoms with E-state index >= 15 is 0 Å². The zero-order chi connectivity index (χ0) is 14.7. The summed E-state index contributed by atoms with van der Waals surface area (Å²) in [6.45, 7) is 0.354. The predicted octanol–water partition coefficient (Wildman–Crippen LogP) is 2.62. The molecule has 1 unspecified atom stereocenters. The van der Waals surface area contributed by atoms with Crippen LogP contribution in [0.15, 0.2) is 22.7 Å². The fourth-order valence-electron chi connectivity index (χ4n) is 1.82. The maximum atomic E-state index is 13.4. The number of carbonyl (C=O) groups is 2. The molecule has 2 rings (SSSR count). The number of benzene rings is 1. The molecule has 0 aliphatic carbocycles. The molecule has 0 saturated carbocycles. The highest BCUT2D eigenvalue weighted by atomic mass is 79.9. The van der Waals surface area contributed by atoms with Gasteiger partial charge in [0, 0.05) is 23.7 Å². The van der Waals surface area contributed by atoms with Crippen LogP contribution in [0.25, 0.3) is 0 Å². The van der Waals surface area contributed by atoms with E-state index in [1.807, 2.05) is 0 Å². The summed E-state index contributed by atoms with van der Waals surface area (Å²) in [5.41, 5.74) is 0.290. The van der Waals surface area contributed by atoms with Gasteiger partial charge in [-0.15, -0.1) is 0 Å². The van der Waals surface area contributed by atoms with Crippen molar-refractivity contribution in [3.05, 3.63) is 28.5 Å². The second-order valence-corrected chi connectivity index (χ2v) is 6.19. The summed E-state index contributed by atoms with van der Waals surface area (Å²) < 4.78 is 13.7. The van der Waals surface area contributed by atoms with E-state index in [1.165, 1.54) is 28.8 Å². The van der Waals surface area contributed by atoms with Crippen LogP contribution >= 0.6 is 27.7 Å². The summed E-state index contributed by atoms with van der Waals surface area (Å²) in [4.78, 5) is 24.5. The maximum Gasteiger partial charge on any atom is 0.327 e. The SMILES string of the molecule is O=C(O)C1CSCCN1C(=O)Nc1ccc(Br)c(F)c1. The Labute approximate surface area is 127 Å². The lowest BCUT2D eigenvalue weighted by Crippen LogP contribution is -2.51. The van der Waals surface area contributed by atoms with Crippen LogP contribution in [0.5, 0.6) is 0 Å². The number of nitrogens with zero attached hydrogens (tertiary/aromatic N) is 1. The largest absolute Gasteiger partial charge is 0.480 e. The monoisotopic (exact) mass is 362 g/mol. The van der Waals surface area contributed by atoms with Gasteiger partial charge in [-0.3, -0.25) is 0 Å². The van der Waals surface area contributed by atoms with Crippen LogP contribution in [0.3, 0.4) is 0 Å². The third kappa shape index (κ3) is 3.43. The standard InChI is InChI=1S/C12H12BrFN2O3S/c13-8-2-1-7(5-9(8)14)15-12(19)16-3-4-20-6-10(16)11(17)18/h1-2,5,10H,3-4,6H2,(H,15,19)(H,17,18). The molecule has 0 radical (unpaired) electrons. The third-order valence-electron chi connectivity index (χ3n) is 2.85. The van der Waals surface area contributed by atoms with Gasteiger partial charge >= 0.3 is 12.0 Å². The summed E-state index contributed by atoms with van der Waals surface area (Å²) >= 11 is 4.52. The van der Waals surface area contributed by atoms with Crippen molar-refractivity contribution in [2.24, 2.45) is 0 Å². The zero-order valence-electron chi connectivity index (χ0n) is 10.3. The van der Waals surface area contributed by atoms with Crippen LogP contribution in [0.1, 0.15) is 0 Å². The van der Waals surface area contributed by atoms with Crippen LogP contribution in [0, 0.1) is 5.82 Å². The van der Waals surface area contributed by atoms with E-state index in [0.717, 1.165) is 0 Å². The summed E-state index contributed by atoms with van der Waals surface area (Å²) in [7, 11) is 0. The molecule has 0 aromatic heterocycles. The number of nitrogens with one attached hydrogen (secondary N) is 1. The van der Waals surface area contributed by atoms with Crippen molar-refractivity contribution < 1.29 is 19.1 Å². The average molecular weight is 363 g/mol. The first-order valence-corrected chi connectivity index (χ1v) is 7.77. The molecule has 1 aliphatic heterocycles. The van der Waals surface area contributed by atoms with Gasteiger partial charge in [0.2, 0.25) is 0 Å². The van der Waals surface area contributed by atoms with E-state index in [-0.39, 0.29) is 5.69 Å². The molecule has 1 saturated heterocycles. The Kier molecular flexibility index (Phi) is 4.87. The normalized spacial score (nSPS) is 18.7. The van der Waals surface area contributed by atoms with Crippen molar-refractivity contribution in [3.8, 4) is 0 Å². The smallest absolute Gasteiger partial charge is 0.327 e. The Morgan fingerprint density at radius 2 is 2.25 bits per heavy atom. The quantitative estimate of drug-likeness (QED) is 0.848. The number of hydrogen-bond donors (Lipinski definition) is 2. The van der Waals surface area contributed by atoms with Crippen molar-refractivity contribution in [2.75, 3.05) is 23.4 Å². The molecule has 2 N–H and O–H groups in total. The minimum atomic E-state index is -1.03. The third-order valence-corrected chi connectivity index (χ3v) is 4.51. The molecule has 1 aromatic rings. The molecule has 1 aliphatic rings. The first-order chi connectivity index (χ1) is 9.49. The molecule has 0 bridgehead atoms. The van der Waals surface area contributed by atoms with E-state index in [2.05, 4.69) is 21.2 Å². The number of thioether (sulfide) groups is 1. The highest BCUT2D eigenvalue weighted by Crippen LogP contribution is 2.21. The second kappa shape index (κ2) is 6.45. The van der Waals surface area contributed by atoms with Crippen molar-refractivity contribution in [1.82, 2.24) is 4.90 Å². The molecular weight excluding hydrogens is 351 g/mol. The number of hydrogen-bond acceptors (Lipinski definition) is 3. The van der Waals surface area contributed by atoms with Gasteiger partial charge in [-0.2, -0.15) is 11.8 Å². The number of aliphatic carboxylic acids is 1. The van der Waals surface area contributed by atoms with Crippen LogP contribution in [-0.4, -0.2) is 46.1 Å². The number of carboxylic acids is 1. The van der Waals surface area contributed by atoms with Crippen LogP contribution in [0.4, 0.5) is 14.9 Å². The number of urea groups is 1. The van der Waals surface area contributed by atoms with Crippen LogP contribution < -0.4 is 5.32 Å². The number of rotatable bonds is 2. The Bertz CT molecular complexity index is 543. The van der Waals surface area contributed by atoms with E-state index in [4.69, 9.17) is 5.11 Å². The Hall–Kier alpha value is -1.28. The van der Waals surface area contributed by atoms with E-state index in [9.17, 15) is 14.0 Å². The molecule has 1 fully saturated rings. The molecule has 20 heavy (non-hydrogen) atoms. The van der Waals surface area contributed by atoms with Gasteiger partial charge in [0.05, 0.1) is 4.47 Å². The highest BCUT2D eigenvalue weighted by Gasteiger charge is 2.32. The van der Waals surface area contributed by atoms with E-state index < -0.39 is 23.9 Å². The van der Waals surface area contributed by atoms with Gasteiger partial charge in [-0.05, 0) is 34.1 Å². The fourth-order valence-corrected chi connectivity index (χ4v) is 3.11. The molecular formula is C12H12BrFN2O3S. The second-order valence-electron chi connectivity index (χ2n) is 4.18. The van der Waals surface area contributed by atoms with Gasteiger partial charge in [0.25, 0.3) is 0 Å². The molecule has 0 spiro atoms. The predicted molar refractivity (Wildman–Crippen MR) is 78.6 cm³/mol. The lowest BCUT2D eigenvalue weighted by Gasteiger charge is -2.32. The van der Waals surface area contributed by atoms with Gasteiger partial charge in [-0.1, -0.05) is 0 Å². The lowest BCUT2D eigenvalue weighted by atomic mass is 10.2. The fraction of sp³-hybridized carbons (Fsp3) is 0.333. The number of carbonyl (C=O) groups excluding carboxylic acids is 1. The molecule has 5 nitrogen and oxygen atoms in total. The Morgan fingerprint density at radius 3 is 2.90 bits per heavy atom. The maximum absolute atomic E-state index is 13.4. The first-order valence-electron chi connectivity index (χ1n) is 5.82. The van der Waals surface area contributed by atoms with Crippen molar-refractivity contribution in [2.45, 2.75) is 6.04 Å². The number of carboxylic acid groups (broad SMARTS) is 1. The van der Waals surface area contributed by atoms with E-state index in [1.54, 1.807) is 6.07 Å². The topological polar surface area (TPSA) is 69.6 Å². The van der Waals surface area contributed by atoms with Gasteiger partial charge < -0.3 is 15.3 Å². The van der Waals surface area contributed by atoms with Crippen LogP contribution in [0.2, 0.25) is 0 Å². The lowest BCUT2D eigenvalue weighted by molar-refractivity contribution is -0.141. The number of anilines is 1. The highest BCUT2D eigenvalue weighted by molar-refractivity contribution is 9.10. The molecule has 108 valence electrons. The molecule has 1 heterocycles. The van der Waals surface area contributed by atoms with Gasteiger partial charge in [0.1, 0.15) is 11.9 Å². The molecule has 1 atom stereocenters. The molecule has 1 aromatic carbocycles. The Balaban J connectivity index is 2.09.